The molecule has 1 N–H and O–H groups in total. The fourth-order valence-electron chi connectivity index (χ4n) is 3.52. The van der Waals surface area contributed by atoms with Gasteiger partial charge in [-0.25, -0.2) is 0 Å². The molecule has 0 aliphatic carbocycles. The topological polar surface area (TPSA) is 15.3 Å². The van der Waals surface area contributed by atoms with E-state index in [0.717, 1.165) is 18.1 Å². The predicted octanol–water partition coefficient (Wildman–Crippen LogP) is 3.25. The zero-order valence-electron chi connectivity index (χ0n) is 10.6. The van der Waals surface area contributed by atoms with Crippen molar-refractivity contribution in [2.75, 3.05) is 11.4 Å². The Morgan fingerprint density at radius 2 is 2.12 bits per heavy atom. The van der Waals surface area contributed by atoms with E-state index in [1.54, 1.807) is 0 Å². The first-order valence-corrected chi connectivity index (χ1v) is 7.86. The summed E-state index contributed by atoms with van der Waals surface area (Å²) in [6.45, 7) is 3.44. The number of hydrogen-bond donors (Lipinski definition) is 1. The van der Waals surface area contributed by atoms with E-state index in [0.29, 0.717) is 0 Å². The second-order valence-electron chi connectivity index (χ2n) is 5.40. The number of anilines is 1. The van der Waals surface area contributed by atoms with Crippen LogP contribution in [0.1, 0.15) is 39.0 Å². The third-order valence-corrected chi connectivity index (χ3v) is 4.89. The summed E-state index contributed by atoms with van der Waals surface area (Å²) in [6.07, 6.45) is 6.72. The smallest absolute Gasteiger partial charge is 0.0479 e. The van der Waals surface area contributed by atoms with Gasteiger partial charge in [-0.1, -0.05) is 6.92 Å². The van der Waals surface area contributed by atoms with Crippen molar-refractivity contribution in [3.8, 4) is 0 Å². The fourth-order valence-corrected chi connectivity index (χ4v) is 4.15. The standard InChI is InChI=1S/C14H22N2S/c1-2-6-15-11-8-12-3-4-13(9-11)16(12)14-5-7-17-10-14/h5,7,10-13,15H,2-4,6,8-9H2,1H3. The molecule has 2 aliphatic heterocycles. The van der Waals surface area contributed by atoms with Gasteiger partial charge in [0.2, 0.25) is 0 Å². The summed E-state index contributed by atoms with van der Waals surface area (Å²) < 4.78 is 0. The van der Waals surface area contributed by atoms with Gasteiger partial charge in [-0.2, -0.15) is 11.3 Å². The number of hydrogen-bond acceptors (Lipinski definition) is 3. The highest BCUT2D eigenvalue weighted by molar-refractivity contribution is 7.08. The minimum absolute atomic E-state index is 0.766. The first-order chi connectivity index (χ1) is 8.38. The number of nitrogens with zero attached hydrogens (tertiary/aromatic N) is 1. The van der Waals surface area contributed by atoms with Gasteiger partial charge in [0.05, 0.1) is 0 Å². The Morgan fingerprint density at radius 1 is 1.35 bits per heavy atom. The SMILES string of the molecule is CCCNC1CC2CCC(C1)N2c1ccsc1. The fraction of sp³-hybridized carbons (Fsp3) is 0.714. The summed E-state index contributed by atoms with van der Waals surface area (Å²) >= 11 is 1.82. The first-order valence-electron chi connectivity index (χ1n) is 6.92. The number of thiophene rings is 1. The lowest BCUT2D eigenvalue weighted by Gasteiger charge is -2.40. The maximum absolute atomic E-state index is 3.71. The third-order valence-electron chi connectivity index (χ3n) is 4.22. The lowest BCUT2D eigenvalue weighted by Crippen LogP contribution is -2.49. The Hall–Kier alpha value is -0.540. The van der Waals surface area contributed by atoms with Crippen molar-refractivity contribution >= 4 is 17.0 Å². The van der Waals surface area contributed by atoms with Crippen LogP contribution in [0, 0.1) is 0 Å². The third kappa shape index (κ3) is 2.23. The maximum atomic E-state index is 3.71. The predicted molar refractivity (Wildman–Crippen MR) is 74.9 cm³/mol. The molecule has 2 nitrogen and oxygen atoms in total. The van der Waals surface area contributed by atoms with Gasteiger partial charge in [0, 0.05) is 29.2 Å². The van der Waals surface area contributed by atoms with Crippen LogP contribution in [0.4, 0.5) is 5.69 Å². The number of nitrogens with one attached hydrogen (secondary N) is 1. The molecule has 17 heavy (non-hydrogen) atoms. The Kier molecular flexibility index (Phi) is 3.39. The Bertz CT molecular complexity index is 335. The van der Waals surface area contributed by atoms with Crippen LogP contribution in [0.15, 0.2) is 16.8 Å². The van der Waals surface area contributed by atoms with Gasteiger partial charge in [0.25, 0.3) is 0 Å². The second kappa shape index (κ2) is 4.99. The van der Waals surface area contributed by atoms with Crippen LogP contribution in [0.25, 0.3) is 0 Å². The molecule has 3 rings (SSSR count). The van der Waals surface area contributed by atoms with Gasteiger partial charge in [-0.15, -0.1) is 0 Å². The minimum Gasteiger partial charge on any atom is -0.365 e. The molecule has 0 spiro atoms. The first kappa shape index (κ1) is 11.5. The summed E-state index contributed by atoms with van der Waals surface area (Å²) in [5.74, 6) is 0. The van der Waals surface area contributed by atoms with E-state index >= 15 is 0 Å². The molecule has 0 saturated carbocycles. The van der Waals surface area contributed by atoms with Crippen LogP contribution in [0.5, 0.6) is 0 Å². The average Bonchev–Trinajstić information content (AvgIpc) is 2.93. The maximum Gasteiger partial charge on any atom is 0.0479 e. The zero-order valence-corrected chi connectivity index (χ0v) is 11.4. The zero-order chi connectivity index (χ0) is 11.7. The molecule has 2 bridgehead atoms. The summed E-state index contributed by atoms with van der Waals surface area (Å²) in [7, 11) is 0. The van der Waals surface area contributed by atoms with Crippen molar-refractivity contribution in [2.24, 2.45) is 0 Å². The number of rotatable bonds is 4. The second-order valence-corrected chi connectivity index (χ2v) is 6.18. The molecule has 0 aromatic carbocycles. The quantitative estimate of drug-likeness (QED) is 0.882. The highest BCUT2D eigenvalue weighted by Crippen LogP contribution is 2.39. The molecule has 0 radical (unpaired) electrons. The molecule has 3 heterocycles. The van der Waals surface area contributed by atoms with Crippen molar-refractivity contribution in [1.82, 2.24) is 5.32 Å². The van der Waals surface area contributed by atoms with E-state index in [4.69, 9.17) is 0 Å². The normalized spacial score (nSPS) is 32.1. The van der Waals surface area contributed by atoms with Gasteiger partial charge in [-0.3, -0.25) is 0 Å². The van der Waals surface area contributed by atoms with Crippen LogP contribution >= 0.6 is 11.3 Å². The summed E-state index contributed by atoms with van der Waals surface area (Å²) in [4.78, 5) is 2.70. The molecule has 1 aromatic rings. The lowest BCUT2D eigenvalue weighted by atomic mass is 9.97. The van der Waals surface area contributed by atoms with E-state index in [9.17, 15) is 0 Å². The highest BCUT2D eigenvalue weighted by atomic mass is 32.1. The molecule has 2 fully saturated rings. The van der Waals surface area contributed by atoms with Crippen LogP contribution in [0.2, 0.25) is 0 Å². The van der Waals surface area contributed by atoms with Crippen molar-refractivity contribution in [2.45, 2.75) is 57.2 Å². The number of piperidine rings is 1. The van der Waals surface area contributed by atoms with E-state index in [2.05, 4.69) is 34.0 Å². The van der Waals surface area contributed by atoms with Crippen molar-refractivity contribution in [3.05, 3.63) is 16.8 Å². The molecule has 94 valence electrons. The summed E-state index contributed by atoms with van der Waals surface area (Å²) in [6, 6.07) is 4.63. The molecule has 1 aromatic heterocycles. The summed E-state index contributed by atoms with van der Waals surface area (Å²) in [5, 5.41) is 8.23. The van der Waals surface area contributed by atoms with E-state index in [-0.39, 0.29) is 0 Å². The summed E-state index contributed by atoms with van der Waals surface area (Å²) in [5.41, 5.74) is 1.47. The minimum atomic E-state index is 0.766. The Balaban J connectivity index is 1.68. The average molecular weight is 250 g/mol. The van der Waals surface area contributed by atoms with Crippen LogP contribution in [-0.4, -0.2) is 24.7 Å². The van der Waals surface area contributed by atoms with Crippen LogP contribution in [-0.2, 0) is 0 Å². The van der Waals surface area contributed by atoms with Crippen molar-refractivity contribution < 1.29 is 0 Å². The van der Waals surface area contributed by atoms with Crippen LogP contribution < -0.4 is 10.2 Å². The monoisotopic (exact) mass is 250 g/mol. The van der Waals surface area contributed by atoms with Crippen molar-refractivity contribution in [3.63, 3.8) is 0 Å². The van der Waals surface area contributed by atoms with Crippen molar-refractivity contribution in [1.29, 1.82) is 0 Å². The van der Waals surface area contributed by atoms with E-state index in [1.807, 2.05) is 11.3 Å². The van der Waals surface area contributed by atoms with Gasteiger partial charge >= 0.3 is 0 Å². The highest BCUT2D eigenvalue weighted by Gasteiger charge is 2.40. The molecular weight excluding hydrogens is 228 g/mol. The Labute approximate surface area is 108 Å². The van der Waals surface area contributed by atoms with Gasteiger partial charge in [0.1, 0.15) is 0 Å². The largest absolute Gasteiger partial charge is 0.365 e. The van der Waals surface area contributed by atoms with Gasteiger partial charge in [0.15, 0.2) is 0 Å². The molecular formula is C14H22N2S. The molecule has 0 amide bonds. The molecule has 2 aliphatic rings. The molecule has 2 unspecified atom stereocenters. The van der Waals surface area contributed by atoms with Gasteiger partial charge < -0.3 is 10.2 Å². The van der Waals surface area contributed by atoms with E-state index < -0.39 is 0 Å². The molecule has 3 heteroatoms. The molecule has 2 saturated heterocycles. The van der Waals surface area contributed by atoms with Crippen LogP contribution in [0.3, 0.4) is 0 Å². The molecule has 2 atom stereocenters. The Morgan fingerprint density at radius 3 is 2.71 bits per heavy atom. The van der Waals surface area contributed by atoms with E-state index in [1.165, 1.54) is 44.3 Å². The lowest BCUT2D eigenvalue weighted by molar-refractivity contribution is 0.357. The number of fused-ring (bicyclic) bond motifs is 2. The van der Waals surface area contributed by atoms with Gasteiger partial charge in [-0.05, 0) is 50.1 Å².